The molecule has 0 aliphatic rings. The van der Waals surface area contributed by atoms with Crippen LogP contribution in [0.1, 0.15) is 29.8 Å². The summed E-state index contributed by atoms with van der Waals surface area (Å²) < 4.78 is 0. The first-order valence-corrected chi connectivity index (χ1v) is 7.15. The molecule has 1 amide bonds. The smallest absolute Gasteiger partial charge is 0.327 e. The van der Waals surface area contributed by atoms with Crippen LogP contribution in [0.3, 0.4) is 0 Å². The molecule has 6 heteroatoms. The highest BCUT2D eigenvalue weighted by molar-refractivity contribution is 6.32. The lowest BCUT2D eigenvalue weighted by molar-refractivity contribution is -0.142. The highest BCUT2D eigenvalue weighted by Crippen LogP contribution is 2.19. The Bertz CT molecular complexity index is 608. The molecule has 0 saturated carbocycles. The van der Waals surface area contributed by atoms with Crippen LogP contribution in [0.5, 0.6) is 0 Å². The van der Waals surface area contributed by atoms with Gasteiger partial charge in [-0.3, -0.25) is 4.79 Å². The number of hydrogen-bond acceptors (Lipinski definition) is 3. The molecule has 1 atom stereocenters. The second-order valence-corrected chi connectivity index (χ2v) is 5.67. The zero-order valence-electron chi connectivity index (χ0n) is 12.5. The van der Waals surface area contributed by atoms with E-state index in [9.17, 15) is 14.7 Å². The molecule has 22 heavy (non-hydrogen) atoms. The van der Waals surface area contributed by atoms with E-state index in [0.717, 1.165) is 0 Å². The van der Waals surface area contributed by atoms with Crippen LogP contribution in [0.15, 0.2) is 18.2 Å². The van der Waals surface area contributed by atoms with Gasteiger partial charge >= 0.3 is 5.97 Å². The van der Waals surface area contributed by atoms with Gasteiger partial charge in [-0.05, 0) is 30.5 Å². The third-order valence-electron chi connectivity index (χ3n) is 3.06. The maximum absolute atomic E-state index is 12.6. The van der Waals surface area contributed by atoms with Gasteiger partial charge in [0, 0.05) is 24.2 Å². The van der Waals surface area contributed by atoms with Crippen molar-refractivity contribution in [1.29, 1.82) is 0 Å². The number of benzene rings is 1. The molecule has 117 valence electrons. The minimum Gasteiger partial charge on any atom is -0.480 e. The molecule has 1 unspecified atom stereocenters. The average Bonchev–Trinajstić information content (AvgIpc) is 2.45. The van der Waals surface area contributed by atoms with E-state index >= 15 is 0 Å². The predicted molar refractivity (Wildman–Crippen MR) is 84.0 cm³/mol. The first kappa shape index (κ1) is 18.0. The Morgan fingerprint density at radius 3 is 2.50 bits per heavy atom. The van der Waals surface area contributed by atoms with Crippen LogP contribution in [-0.2, 0) is 4.79 Å². The molecule has 3 N–H and O–H groups in total. The average molecular weight is 322 g/mol. The third-order valence-corrected chi connectivity index (χ3v) is 3.37. The van der Waals surface area contributed by atoms with E-state index < -0.39 is 17.9 Å². The summed E-state index contributed by atoms with van der Waals surface area (Å²) in [5.41, 5.74) is 6.12. The molecule has 1 aromatic rings. The Labute approximate surface area is 135 Å². The summed E-state index contributed by atoms with van der Waals surface area (Å²) in [5, 5.41) is 9.47. The summed E-state index contributed by atoms with van der Waals surface area (Å²) in [4.78, 5) is 25.2. The molecule has 0 fully saturated rings. The minimum atomic E-state index is -1.15. The standard InChI is InChI=1S/C16H18ClN2O3/c1-4-11-5-6-12(7-13(11)17)15(20)19(9-10(2)3)14(8-18)16(21)22/h5-7,10,14H,8-9,18H2,2-3H3,(H,21,22). The van der Waals surface area contributed by atoms with Gasteiger partial charge in [-0.15, -0.1) is 0 Å². The van der Waals surface area contributed by atoms with Crippen LogP contribution in [0.4, 0.5) is 0 Å². The molecule has 1 aromatic carbocycles. The Morgan fingerprint density at radius 2 is 2.09 bits per heavy atom. The summed E-state index contributed by atoms with van der Waals surface area (Å²) in [7, 11) is 0. The van der Waals surface area contributed by atoms with Crippen LogP contribution in [0.2, 0.25) is 5.02 Å². The van der Waals surface area contributed by atoms with E-state index in [4.69, 9.17) is 23.8 Å². The van der Waals surface area contributed by atoms with Crippen molar-refractivity contribution in [2.45, 2.75) is 19.9 Å². The summed E-state index contributed by atoms with van der Waals surface area (Å²) in [6.07, 6.45) is 7.07. The van der Waals surface area contributed by atoms with E-state index in [1.54, 1.807) is 0 Å². The number of nitrogens with zero attached hydrogens (tertiary/aromatic N) is 1. The van der Waals surface area contributed by atoms with Gasteiger partial charge in [0.2, 0.25) is 0 Å². The zero-order chi connectivity index (χ0) is 16.9. The van der Waals surface area contributed by atoms with Crippen LogP contribution in [0.25, 0.3) is 0 Å². The second kappa shape index (κ2) is 7.83. The molecule has 0 aromatic heterocycles. The predicted octanol–water partition coefficient (Wildman–Crippen LogP) is 1.79. The number of carboxylic acid groups (broad SMARTS) is 1. The maximum atomic E-state index is 12.6. The number of halogens is 1. The number of rotatable bonds is 6. The number of carbonyl (C=O) groups excluding carboxylic acids is 1. The molecule has 0 spiro atoms. The SMILES string of the molecule is [C]#Cc1ccc(C(=O)N(CC(C)C)C(CN)C(=O)O)cc1Cl. The molecule has 1 rings (SSSR count). The van der Waals surface area contributed by atoms with Crippen molar-refractivity contribution in [3.05, 3.63) is 40.8 Å². The lowest BCUT2D eigenvalue weighted by Crippen LogP contribution is -2.50. The van der Waals surface area contributed by atoms with E-state index in [1.807, 2.05) is 13.8 Å². The van der Waals surface area contributed by atoms with E-state index in [-0.39, 0.29) is 29.6 Å². The Balaban J connectivity index is 3.19. The van der Waals surface area contributed by atoms with Crippen LogP contribution >= 0.6 is 11.6 Å². The lowest BCUT2D eigenvalue weighted by Gasteiger charge is -2.30. The molecular formula is C16H18ClN2O3. The van der Waals surface area contributed by atoms with E-state index in [1.165, 1.54) is 23.1 Å². The van der Waals surface area contributed by atoms with Crippen molar-refractivity contribution in [2.24, 2.45) is 11.7 Å². The topological polar surface area (TPSA) is 83.6 Å². The van der Waals surface area contributed by atoms with Crippen molar-refractivity contribution in [1.82, 2.24) is 4.90 Å². The number of nitrogens with two attached hydrogens (primary N) is 1. The summed E-state index contributed by atoms with van der Waals surface area (Å²) in [6.45, 7) is 3.86. The molecule has 0 bridgehead atoms. The van der Waals surface area contributed by atoms with Gasteiger partial charge < -0.3 is 15.7 Å². The van der Waals surface area contributed by atoms with Crippen LogP contribution in [-0.4, -0.2) is 41.0 Å². The number of carbonyl (C=O) groups is 2. The van der Waals surface area contributed by atoms with Gasteiger partial charge in [0.1, 0.15) is 6.04 Å². The second-order valence-electron chi connectivity index (χ2n) is 5.26. The number of amides is 1. The highest BCUT2D eigenvalue weighted by atomic mass is 35.5. The van der Waals surface area contributed by atoms with Crippen molar-refractivity contribution in [2.75, 3.05) is 13.1 Å². The Hall–Kier alpha value is -2.03. The summed E-state index contributed by atoms with van der Waals surface area (Å²) >= 11 is 5.97. The zero-order valence-corrected chi connectivity index (χ0v) is 13.2. The monoisotopic (exact) mass is 321 g/mol. The fourth-order valence-electron chi connectivity index (χ4n) is 2.02. The largest absolute Gasteiger partial charge is 0.480 e. The summed E-state index contributed by atoms with van der Waals surface area (Å²) in [6, 6.07) is 3.30. The van der Waals surface area contributed by atoms with Crippen molar-refractivity contribution in [3.63, 3.8) is 0 Å². The van der Waals surface area contributed by atoms with Crippen molar-refractivity contribution < 1.29 is 14.7 Å². The maximum Gasteiger partial charge on any atom is 0.327 e. The highest BCUT2D eigenvalue weighted by Gasteiger charge is 2.29. The van der Waals surface area contributed by atoms with Gasteiger partial charge in [0.15, 0.2) is 0 Å². The molecule has 0 aliphatic carbocycles. The first-order valence-electron chi connectivity index (χ1n) is 6.78. The fraction of sp³-hybridized carbons (Fsp3) is 0.375. The van der Waals surface area contributed by atoms with Crippen LogP contribution in [0, 0.1) is 18.3 Å². The third kappa shape index (κ3) is 4.23. The number of hydrogen-bond donors (Lipinski definition) is 2. The molecule has 0 aliphatic heterocycles. The number of carboxylic acids is 1. The van der Waals surface area contributed by atoms with Gasteiger partial charge in [-0.1, -0.05) is 31.4 Å². The lowest BCUT2D eigenvalue weighted by atomic mass is 10.1. The normalized spacial score (nSPS) is 11.8. The molecular weight excluding hydrogens is 304 g/mol. The van der Waals surface area contributed by atoms with Gasteiger partial charge in [-0.25, -0.2) is 4.79 Å². The van der Waals surface area contributed by atoms with Gasteiger partial charge in [0.25, 0.3) is 5.91 Å². The van der Waals surface area contributed by atoms with E-state index in [0.29, 0.717) is 5.56 Å². The molecule has 0 saturated heterocycles. The van der Waals surface area contributed by atoms with Crippen LogP contribution < -0.4 is 5.73 Å². The fourth-order valence-corrected chi connectivity index (χ4v) is 2.25. The minimum absolute atomic E-state index is 0.0852. The molecule has 0 heterocycles. The molecule has 5 nitrogen and oxygen atoms in total. The summed E-state index contributed by atoms with van der Waals surface area (Å²) in [5.74, 6) is 0.639. The first-order chi connectivity index (χ1) is 10.3. The molecule has 1 radical (unpaired) electrons. The van der Waals surface area contributed by atoms with Gasteiger partial charge in [-0.2, -0.15) is 0 Å². The van der Waals surface area contributed by atoms with Crippen molar-refractivity contribution in [3.8, 4) is 5.92 Å². The van der Waals surface area contributed by atoms with E-state index in [2.05, 4.69) is 5.92 Å². The number of aliphatic carboxylic acids is 1. The van der Waals surface area contributed by atoms with Gasteiger partial charge in [0.05, 0.1) is 5.02 Å². The quantitative estimate of drug-likeness (QED) is 0.782. The Kier molecular flexibility index (Phi) is 6.41. The Morgan fingerprint density at radius 1 is 1.45 bits per heavy atom. The van der Waals surface area contributed by atoms with Crippen molar-refractivity contribution >= 4 is 23.5 Å².